The van der Waals surface area contributed by atoms with Crippen LogP contribution < -0.4 is 15.4 Å². The fourth-order valence-corrected chi connectivity index (χ4v) is 2.81. The summed E-state index contributed by atoms with van der Waals surface area (Å²) in [4.78, 5) is 24.0. The third-order valence-corrected chi connectivity index (χ3v) is 4.25. The molecule has 3 aromatic rings. The molecule has 148 valence electrons. The Balaban J connectivity index is 1.36. The SMILES string of the molecule is O=C(CC(=O)Nc1ccc(Oc2ccccc2)cc1)NCCCc1ccccc1. The van der Waals surface area contributed by atoms with Crippen LogP contribution in [0.3, 0.4) is 0 Å². The van der Waals surface area contributed by atoms with E-state index in [1.54, 1.807) is 24.3 Å². The molecule has 0 aliphatic rings. The van der Waals surface area contributed by atoms with Gasteiger partial charge in [-0.15, -0.1) is 0 Å². The van der Waals surface area contributed by atoms with Crippen LogP contribution in [0.5, 0.6) is 11.5 Å². The molecule has 0 saturated heterocycles. The summed E-state index contributed by atoms with van der Waals surface area (Å²) >= 11 is 0. The molecule has 0 aliphatic carbocycles. The van der Waals surface area contributed by atoms with E-state index in [4.69, 9.17) is 4.74 Å². The van der Waals surface area contributed by atoms with Crippen molar-refractivity contribution in [3.8, 4) is 11.5 Å². The van der Waals surface area contributed by atoms with E-state index in [0.29, 0.717) is 18.0 Å². The van der Waals surface area contributed by atoms with Crippen molar-refractivity contribution in [2.24, 2.45) is 0 Å². The number of carbonyl (C=O) groups is 2. The van der Waals surface area contributed by atoms with E-state index in [9.17, 15) is 9.59 Å². The normalized spacial score (nSPS) is 10.2. The monoisotopic (exact) mass is 388 g/mol. The molecule has 0 heterocycles. The molecule has 3 aromatic carbocycles. The number of anilines is 1. The molecule has 0 saturated carbocycles. The summed E-state index contributed by atoms with van der Waals surface area (Å²) < 4.78 is 5.71. The fraction of sp³-hybridized carbons (Fsp3) is 0.167. The van der Waals surface area contributed by atoms with E-state index in [1.807, 2.05) is 48.5 Å². The Kier molecular flexibility index (Phi) is 7.41. The predicted octanol–water partition coefficient (Wildman–Crippen LogP) is 4.56. The van der Waals surface area contributed by atoms with Crippen LogP contribution in [-0.4, -0.2) is 18.4 Å². The van der Waals surface area contributed by atoms with Gasteiger partial charge in [-0.05, 0) is 54.8 Å². The van der Waals surface area contributed by atoms with Crippen molar-refractivity contribution in [3.63, 3.8) is 0 Å². The molecule has 5 heteroatoms. The van der Waals surface area contributed by atoms with Crippen molar-refractivity contribution in [1.82, 2.24) is 5.32 Å². The summed E-state index contributed by atoms with van der Waals surface area (Å²) in [7, 11) is 0. The zero-order valence-corrected chi connectivity index (χ0v) is 16.1. The maximum atomic E-state index is 12.0. The lowest BCUT2D eigenvalue weighted by atomic mass is 10.1. The molecule has 3 rings (SSSR count). The van der Waals surface area contributed by atoms with Gasteiger partial charge in [0.1, 0.15) is 17.9 Å². The summed E-state index contributed by atoms with van der Waals surface area (Å²) in [5.74, 6) is 0.792. The molecule has 0 unspecified atom stereocenters. The first kappa shape index (κ1) is 20.1. The van der Waals surface area contributed by atoms with Gasteiger partial charge in [-0.1, -0.05) is 48.5 Å². The lowest BCUT2D eigenvalue weighted by molar-refractivity contribution is -0.126. The highest BCUT2D eigenvalue weighted by atomic mass is 16.5. The maximum absolute atomic E-state index is 12.0. The summed E-state index contributed by atoms with van der Waals surface area (Å²) in [5, 5.41) is 5.51. The number of hydrogen-bond donors (Lipinski definition) is 2. The lowest BCUT2D eigenvalue weighted by Gasteiger charge is -2.08. The Hall–Kier alpha value is -3.60. The summed E-state index contributed by atoms with van der Waals surface area (Å²) in [6.07, 6.45) is 1.53. The largest absolute Gasteiger partial charge is 0.457 e. The van der Waals surface area contributed by atoms with Crippen LogP contribution in [0, 0.1) is 0 Å². The second-order valence-electron chi connectivity index (χ2n) is 6.60. The average molecular weight is 388 g/mol. The molecule has 0 aromatic heterocycles. The Morgan fingerprint density at radius 3 is 2.03 bits per heavy atom. The van der Waals surface area contributed by atoms with Crippen molar-refractivity contribution >= 4 is 17.5 Å². The number of para-hydroxylation sites is 1. The molecule has 5 nitrogen and oxygen atoms in total. The second-order valence-corrected chi connectivity index (χ2v) is 6.60. The number of aryl methyl sites for hydroxylation is 1. The summed E-state index contributed by atoms with van der Waals surface area (Å²) in [5.41, 5.74) is 1.85. The van der Waals surface area contributed by atoms with Crippen LogP contribution in [0.1, 0.15) is 18.4 Å². The molecule has 0 bridgehead atoms. The number of rotatable bonds is 9. The van der Waals surface area contributed by atoms with Gasteiger partial charge in [-0.2, -0.15) is 0 Å². The van der Waals surface area contributed by atoms with Crippen LogP contribution in [0.2, 0.25) is 0 Å². The molecular formula is C24H24N2O3. The third kappa shape index (κ3) is 7.14. The zero-order chi connectivity index (χ0) is 20.3. The van der Waals surface area contributed by atoms with E-state index in [1.165, 1.54) is 5.56 Å². The van der Waals surface area contributed by atoms with E-state index < -0.39 is 0 Å². The Bertz CT molecular complexity index is 910. The molecule has 0 fully saturated rings. The highest BCUT2D eigenvalue weighted by Crippen LogP contribution is 2.22. The third-order valence-electron chi connectivity index (χ3n) is 4.25. The Labute approximate surface area is 170 Å². The Morgan fingerprint density at radius 1 is 0.724 bits per heavy atom. The van der Waals surface area contributed by atoms with Gasteiger partial charge in [0.15, 0.2) is 0 Å². The predicted molar refractivity (Wildman–Crippen MR) is 114 cm³/mol. The van der Waals surface area contributed by atoms with Gasteiger partial charge in [-0.25, -0.2) is 0 Å². The van der Waals surface area contributed by atoms with Crippen LogP contribution >= 0.6 is 0 Å². The van der Waals surface area contributed by atoms with Crippen molar-refractivity contribution in [1.29, 1.82) is 0 Å². The number of carbonyl (C=O) groups excluding carboxylic acids is 2. The number of hydrogen-bond acceptors (Lipinski definition) is 3. The van der Waals surface area contributed by atoms with Crippen LogP contribution in [0.4, 0.5) is 5.69 Å². The molecule has 29 heavy (non-hydrogen) atoms. The maximum Gasteiger partial charge on any atom is 0.233 e. The highest BCUT2D eigenvalue weighted by molar-refractivity contribution is 6.03. The van der Waals surface area contributed by atoms with Gasteiger partial charge in [0.05, 0.1) is 0 Å². The standard InChI is InChI=1S/C24H24N2O3/c27-23(25-17-7-10-19-8-3-1-4-9-19)18-24(28)26-20-13-15-22(16-14-20)29-21-11-5-2-6-12-21/h1-6,8-9,11-16H,7,10,17-18H2,(H,25,27)(H,26,28). The summed E-state index contributed by atoms with van der Waals surface area (Å²) in [6.45, 7) is 0.548. The molecule has 2 N–H and O–H groups in total. The lowest BCUT2D eigenvalue weighted by Crippen LogP contribution is -2.29. The molecule has 0 atom stereocenters. The molecular weight excluding hydrogens is 364 g/mol. The fourth-order valence-electron chi connectivity index (χ4n) is 2.81. The number of nitrogens with one attached hydrogen (secondary N) is 2. The van der Waals surface area contributed by atoms with Gasteiger partial charge < -0.3 is 15.4 Å². The quantitative estimate of drug-likeness (QED) is 0.417. The minimum Gasteiger partial charge on any atom is -0.457 e. The molecule has 0 aliphatic heterocycles. The minimum absolute atomic E-state index is 0.201. The van der Waals surface area contributed by atoms with Crippen molar-refractivity contribution in [2.45, 2.75) is 19.3 Å². The molecule has 2 amide bonds. The van der Waals surface area contributed by atoms with Gasteiger partial charge in [-0.3, -0.25) is 9.59 Å². The van der Waals surface area contributed by atoms with E-state index in [2.05, 4.69) is 22.8 Å². The van der Waals surface area contributed by atoms with Crippen molar-refractivity contribution in [2.75, 3.05) is 11.9 Å². The highest BCUT2D eigenvalue weighted by Gasteiger charge is 2.09. The van der Waals surface area contributed by atoms with E-state index >= 15 is 0 Å². The van der Waals surface area contributed by atoms with E-state index in [0.717, 1.165) is 18.6 Å². The number of benzene rings is 3. The smallest absolute Gasteiger partial charge is 0.233 e. The average Bonchev–Trinajstić information content (AvgIpc) is 2.74. The van der Waals surface area contributed by atoms with Gasteiger partial charge in [0.2, 0.25) is 11.8 Å². The van der Waals surface area contributed by atoms with Crippen LogP contribution in [0.15, 0.2) is 84.9 Å². The molecule has 0 radical (unpaired) electrons. The first-order valence-electron chi connectivity index (χ1n) is 9.62. The first-order chi connectivity index (χ1) is 14.2. The van der Waals surface area contributed by atoms with Crippen molar-refractivity contribution in [3.05, 3.63) is 90.5 Å². The zero-order valence-electron chi connectivity index (χ0n) is 16.1. The van der Waals surface area contributed by atoms with Gasteiger partial charge in [0.25, 0.3) is 0 Å². The van der Waals surface area contributed by atoms with Crippen LogP contribution in [-0.2, 0) is 16.0 Å². The number of amides is 2. The van der Waals surface area contributed by atoms with Crippen molar-refractivity contribution < 1.29 is 14.3 Å². The van der Waals surface area contributed by atoms with Crippen LogP contribution in [0.25, 0.3) is 0 Å². The first-order valence-corrected chi connectivity index (χ1v) is 9.62. The second kappa shape index (κ2) is 10.7. The van der Waals surface area contributed by atoms with Gasteiger partial charge in [0, 0.05) is 12.2 Å². The number of ether oxygens (including phenoxy) is 1. The molecule has 0 spiro atoms. The Morgan fingerprint density at radius 2 is 1.34 bits per heavy atom. The minimum atomic E-state index is -0.345. The van der Waals surface area contributed by atoms with E-state index in [-0.39, 0.29) is 18.2 Å². The summed E-state index contributed by atoms with van der Waals surface area (Å²) in [6, 6.07) is 26.6. The van der Waals surface area contributed by atoms with Gasteiger partial charge >= 0.3 is 0 Å². The topological polar surface area (TPSA) is 67.4 Å².